The van der Waals surface area contributed by atoms with Crippen molar-refractivity contribution in [3.8, 4) is 0 Å². The van der Waals surface area contributed by atoms with E-state index in [1.54, 1.807) is 0 Å². The van der Waals surface area contributed by atoms with Crippen LogP contribution in [0.2, 0.25) is 0 Å². The van der Waals surface area contributed by atoms with Gasteiger partial charge in [0, 0.05) is 0 Å². The number of nitrogens with zero attached hydrogens (tertiary/aromatic N) is 1. The molecular formula is C7H6NNaOS. The van der Waals surface area contributed by atoms with E-state index in [9.17, 15) is 0 Å². The van der Waals surface area contributed by atoms with Gasteiger partial charge >= 0.3 is 29.6 Å². The number of hydrogen-bond donors (Lipinski definition) is 1. The van der Waals surface area contributed by atoms with E-state index >= 15 is 0 Å². The van der Waals surface area contributed by atoms with E-state index < -0.39 is 0 Å². The van der Waals surface area contributed by atoms with Crippen LogP contribution in [0.3, 0.4) is 0 Å². The van der Waals surface area contributed by atoms with Crippen LogP contribution in [0, 0.1) is 0 Å². The molecule has 0 bridgehead atoms. The number of para-hydroxylation sites is 2. The number of aromatic nitrogens is 1. The van der Waals surface area contributed by atoms with Gasteiger partial charge in [-0.3, -0.25) is 0 Å². The fraction of sp³-hybridized carbons (Fsp3) is 0. The van der Waals surface area contributed by atoms with Gasteiger partial charge < -0.3 is 4.42 Å². The first-order valence-electron chi connectivity index (χ1n) is 2.91. The summed E-state index contributed by atoms with van der Waals surface area (Å²) in [6, 6.07) is 7.57. The minimum absolute atomic E-state index is 0. The number of hydrogen-bond acceptors (Lipinski definition) is 3. The second kappa shape index (κ2) is 3.63. The molecule has 2 aromatic rings. The summed E-state index contributed by atoms with van der Waals surface area (Å²) in [6.45, 7) is 0. The number of rotatable bonds is 0. The quantitative estimate of drug-likeness (QED) is 0.484. The zero-order chi connectivity index (χ0) is 6.97. The molecule has 1 aromatic carbocycles. The van der Waals surface area contributed by atoms with Crippen molar-refractivity contribution in [2.24, 2.45) is 0 Å². The van der Waals surface area contributed by atoms with Gasteiger partial charge in [0.2, 0.25) is 0 Å². The van der Waals surface area contributed by atoms with Crippen molar-refractivity contribution in [1.29, 1.82) is 0 Å². The molecule has 0 fully saturated rings. The first-order chi connectivity index (χ1) is 4.86. The Labute approximate surface area is 91.7 Å². The molecule has 2 rings (SSSR count). The Morgan fingerprint density at radius 2 is 2.00 bits per heavy atom. The van der Waals surface area contributed by atoms with E-state index in [2.05, 4.69) is 17.6 Å². The van der Waals surface area contributed by atoms with Gasteiger partial charge in [0.25, 0.3) is 5.22 Å². The molecule has 4 heteroatoms. The van der Waals surface area contributed by atoms with Gasteiger partial charge in [0.1, 0.15) is 5.52 Å². The van der Waals surface area contributed by atoms with Crippen LogP contribution < -0.4 is 0 Å². The van der Waals surface area contributed by atoms with E-state index in [1.165, 1.54) is 0 Å². The Kier molecular flexibility index (Phi) is 3.01. The Morgan fingerprint density at radius 1 is 1.27 bits per heavy atom. The Hall–Kier alpha value is 0.0400. The molecule has 0 atom stereocenters. The standard InChI is InChI=1S/C7H5NOS.Na.H/c10-7-8-5-3-1-2-4-6(5)9-7;;/h1-4H,(H,8,10);;. The van der Waals surface area contributed by atoms with Crippen molar-refractivity contribution in [2.75, 3.05) is 0 Å². The van der Waals surface area contributed by atoms with Crippen molar-refractivity contribution in [3.63, 3.8) is 0 Å². The molecule has 0 unspecified atom stereocenters. The molecule has 11 heavy (non-hydrogen) atoms. The molecule has 1 aromatic heterocycles. The van der Waals surface area contributed by atoms with Gasteiger partial charge in [0.15, 0.2) is 5.58 Å². The summed E-state index contributed by atoms with van der Waals surface area (Å²) >= 11 is 3.97. The second-order valence-corrected chi connectivity index (χ2v) is 2.35. The summed E-state index contributed by atoms with van der Waals surface area (Å²) in [5.41, 5.74) is 1.64. The van der Waals surface area contributed by atoms with Crippen LogP contribution in [-0.2, 0) is 0 Å². The van der Waals surface area contributed by atoms with Gasteiger partial charge in [-0.2, -0.15) is 0 Å². The third kappa shape index (κ3) is 1.79. The van der Waals surface area contributed by atoms with Crippen molar-refractivity contribution < 1.29 is 4.42 Å². The minimum atomic E-state index is 0. The molecule has 52 valence electrons. The number of thiol groups is 1. The molecule has 0 saturated carbocycles. The predicted molar refractivity (Wildman–Crippen MR) is 48.4 cm³/mol. The average Bonchev–Trinajstić information content (AvgIpc) is 2.27. The average molecular weight is 175 g/mol. The molecule has 0 N–H and O–H groups in total. The van der Waals surface area contributed by atoms with Crippen LogP contribution in [-0.4, -0.2) is 34.5 Å². The number of fused-ring (bicyclic) bond motifs is 1. The number of oxazole rings is 1. The van der Waals surface area contributed by atoms with E-state index in [-0.39, 0.29) is 29.6 Å². The second-order valence-electron chi connectivity index (χ2n) is 1.96. The zero-order valence-electron chi connectivity index (χ0n) is 5.11. The summed E-state index contributed by atoms with van der Waals surface area (Å²) in [5, 5.41) is 0.418. The van der Waals surface area contributed by atoms with Crippen LogP contribution in [0.25, 0.3) is 11.1 Å². The topological polar surface area (TPSA) is 26.0 Å². The number of benzene rings is 1. The monoisotopic (exact) mass is 175 g/mol. The summed E-state index contributed by atoms with van der Waals surface area (Å²) < 4.78 is 5.12. The van der Waals surface area contributed by atoms with Crippen LogP contribution in [0.15, 0.2) is 33.9 Å². The molecule has 0 aliphatic heterocycles. The maximum atomic E-state index is 5.12. The first kappa shape index (κ1) is 9.13. The SMILES string of the molecule is Sc1nc2ccccc2o1.[NaH]. The molecule has 2 nitrogen and oxygen atoms in total. The molecule has 1 heterocycles. The zero-order valence-corrected chi connectivity index (χ0v) is 6.01. The Bertz CT molecular complexity index is 327. The fourth-order valence-electron chi connectivity index (χ4n) is 0.860. The van der Waals surface area contributed by atoms with Gasteiger partial charge in [-0.25, -0.2) is 4.98 Å². The van der Waals surface area contributed by atoms with Crippen molar-refractivity contribution in [3.05, 3.63) is 24.3 Å². The third-order valence-corrected chi connectivity index (χ3v) is 1.47. The molecular weight excluding hydrogens is 169 g/mol. The predicted octanol–water partition coefficient (Wildman–Crippen LogP) is 1.47. The van der Waals surface area contributed by atoms with Gasteiger partial charge in [-0.05, 0) is 12.1 Å². The van der Waals surface area contributed by atoms with E-state index in [4.69, 9.17) is 4.42 Å². The molecule has 0 aliphatic rings. The summed E-state index contributed by atoms with van der Waals surface area (Å²) in [5.74, 6) is 0. The van der Waals surface area contributed by atoms with Gasteiger partial charge in [-0.15, -0.1) is 0 Å². The molecule has 0 aliphatic carbocycles. The molecule has 0 amide bonds. The first-order valence-corrected chi connectivity index (χ1v) is 3.35. The normalized spacial score (nSPS) is 9.55. The van der Waals surface area contributed by atoms with Crippen LogP contribution >= 0.6 is 12.6 Å². The Balaban J connectivity index is 0.000000605. The van der Waals surface area contributed by atoms with Crippen molar-refractivity contribution in [2.45, 2.75) is 5.22 Å². The third-order valence-electron chi connectivity index (χ3n) is 1.28. The Morgan fingerprint density at radius 3 is 2.73 bits per heavy atom. The van der Waals surface area contributed by atoms with Crippen LogP contribution in [0.4, 0.5) is 0 Å². The summed E-state index contributed by atoms with van der Waals surface area (Å²) in [6.07, 6.45) is 0. The van der Waals surface area contributed by atoms with Crippen molar-refractivity contribution in [1.82, 2.24) is 4.98 Å². The van der Waals surface area contributed by atoms with Crippen molar-refractivity contribution >= 4 is 53.3 Å². The van der Waals surface area contributed by atoms with Gasteiger partial charge in [-0.1, -0.05) is 24.8 Å². The molecule has 0 radical (unpaired) electrons. The molecule has 0 spiro atoms. The van der Waals surface area contributed by atoms with E-state index in [0.717, 1.165) is 11.1 Å². The fourth-order valence-corrected chi connectivity index (χ4v) is 1.07. The van der Waals surface area contributed by atoms with Crippen LogP contribution in [0.5, 0.6) is 0 Å². The van der Waals surface area contributed by atoms with Gasteiger partial charge in [0.05, 0.1) is 0 Å². The van der Waals surface area contributed by atoms with E-state index in [0.29, 0.717) is 5.22 Å². The molecule has 0 saturated heterocycles. The summed E-state index contributed by atoms with van der Waals surface area (Å²) in [7, 11) is 0. The van der Waals surface area contributed by atoms with Crippen LogP contribution in [0.1, 0.15) is 0 Å². The van der Waals surface area contributed by atoms with E-state index in [1.807, 2.05) is 24.3 Å². The maximum absolute atomic E-state index is 5.12. The summed E-state index contributed by atoms with van der Waals surface area (Å²) in [4.78, 5) is 4.01.